The van der Waals surface area contributed by atoms with Crippen molar-refractivity contribution in [3.8, 4) is 5.75 Å². The number of halogens is 1. The van der Waals surface area contributed by atoms with Crippen molar-refractivity contribution in [2.24, 2.45) is 0 Å². The van der Waals surface area contributed by atoms with Crippen LogP contribution in [0.25, 0.3) is 0 Å². The molecule has 1 aromatic heterocycles. The summed E-state index contributed by atoms with van der Waals surface area (Å²) in [6.07, 6.45) is 0.861. The molecule has 0 radical (unpaired) electrons. The first-order valence-electron chi connectivity index (χ1n) is 6.18. The summed E-state index contributed by atoms with van der Waals surface area (Å²) >= 11 is 5.14. The summed E-state index contributed by atoms with van der Waals surface area (Å²) in [4.78, 5) is 4.41. The molecule has 2 aromatic rings. The van der Waals surface area contributed by atoms with E-state index in [0.29, 0.717) is 0 Å². The van der Waals surface area contributed by atoms with Crippen molar-refractivity contribution >= 4 is 27.3 Å². The lowest BCUT2D eigenvalue weighted by Gasteiger charge is -2.17. The maximum absolute atomic E-state index is 5.43. The first-order valence-corrected chi connectivity index (χ1v) is 7.92. The molecule has 2 rings (SSSR count). The van der Waals surface area contributed by atoms with Gasteiger partial charge in [-0.2, -0.15) is 0 Å². The van der Waals surface area contributed by atoms with Gasteiger partial charge in [-0.25, -0.2) is 4.98 Å². The minimum Gasteiger partial charge on any atom is -0.496 e. The molecule has 3 nitrogen and oxygen atoms in total. The van der Waals surface area contributed by atoms with Gasteiger partial charge in [-0.3, -0.25) is 0 Å². The fourth-order valence-electron chi connectivity index (χ4n) is 2.05. The predicted molar refractivity (Wildman–Crippen MR) is 82.9 cm³/mol. The molecule has 1 unspecified atom stereocenters. The topological polar surface area (TPSA) is 34.1 Å². The number of methoxy groups -OCH3 is 1. The van der Waals surface area contributed by atoms with Gasteiger partial charge in [-0.1, -0.05) is 22.9 Å². The second-order valence-corrected chi connectivity index (χ2v) is 5.82. The molecular formula is C14H17BrN2OS. The smallest absolute Gasteiger partial charge is 0.122 e. The van der Waals surface area contributed by atoms with E-state index in [2.05, 4.69) is 44.6 Å². The number of nitrogens with one attached hydrogen (secondary N) is 1. The lowest BCUT2D eigenvalue weighted by molar-refractivity contribution is 0.405. The van der Waals surface area contributed by atoms with E-state index in [1.54, 1.807) is 18.4 Å². The van der Waals surface area contributed by atoms with Gasteiger partial charge in [0.15, 0.2) is 0 Å². The van der Waals surface area contributed by atoms with E-state index in [1.165, 1.54) is 5.56 Å². The van der Waals surface area contributed by atoms with Gasteiger partial charge in [0.25, 0.3) is 0 Å². The first-order chi connectivity index (χ1) is 9.24. The minimum atomic E-state index is 0.222. The molecule has 0 aliphatic carbocycles. The van der Waals surface area contributed by atoms with Crippen LogP contribution in [0.1, 0.15) is 24.2 Å². The van der Waals surface area contributed by atoms with E-state index in [4.69, 9.17) is 4.74 Å². The molecule has 5 heteroatoms. The van der Waals surface area contributed by atoms with Crippen LogP contribution in [0.2, 0.25) is 0 Å². The van der Waals surface area contributed by atoms with Crippen LogP contribution in [0, 0.1) is 0 Å². The first kappa shape index (κ1) is 14.5. The molecule has 0 aliphatic heterocycles. The lowest BCUT2D eigenvalue weighted by atomic mass is 10.0. The average molecular weight is 341 g/mol. The molecule has 1 aromatic carbocycles. The van der Waals surface area contributed by atoms with Crippen molar-refractivity contribution in [1.29, 1.82) is 0 Å². The van der Waals surface area contributed by atoms with Crippen LogP contribution >= 0.6 is 27.3 Å². The van der Waals surface area contributed by atoms with Crippen molar-refractivity contribution in [3.05, 3.63) is 44.8 Å². The van der Waals surface area contributed by atoms with Crippen molar-refractivity contribution in [3.63, 3.8) is 0 Å². The van der Waals surface area contributed by atoms with Gasteiger partial charge in [0.2, 0.25) is 0 Å². The van der Waals surface area contributed by atoms with Gasteiger partial charge in [0, 0.05) is 9.85 Å². The van der Waals surface area contributed by atoms with Crippen LogP contribution in [-0.4, -0.2) is 18.6 Å². The normalized spacial score (nSPS) is 12.4. The number of aromatic nitrogens is 1. The number of ether oxygens (including phenoxy) is 1. The quantitative estimate of drug-likeness (QED) is 0.868. The van der Waals surface area contributed by atoms with E-state index in [-0.39, 0.29) is 6.04 Å². The molecule has 0 saturated carbocycles. The van der Waals surface area contributed by atoms with E-state index in [9.17, 15) is 0 Å². The number of thiazole rings is 1. The molecule has 1 atom stereocenters. The molecule has 19 heavy (non-hydrogen) atoms. The second kappa shape index (κ2) is 7.03. The molecule has 0 amide bonds. The molecule has 102 valence electrons. The zero-order valence-corrected chi connectivity index (χ0v) is 13.4. The highest BCUT2D eigenvalue weighted by molar-refractivity contribution is 9.10. The van der Waals surface area contributed by atoms with E-state index < -0.39 is 0 Å². The molecule has 0 bridgehead atoms. The highest BCUT2D eigenvalue weighted by Gasteiger charge is 2.15. The Balaban J connectivity index is 2.24. The highest BCUT2D eigenvalue weighted by Crippen LogP contribution is 2.27. The van der Waals surface area contributed by atoms with E-state index in [1.807, 2.05) is 17.6 Å². The van der Waals surface area contributed by atoms with Gasteiger partial charge in [-0.15, -0.1) is 11.3 Å². The third kappa shape index (κ3) is 3.78. The lowest BCUT2D eigenvalue weighted by Crippen LogP contribution is -2.23. The second-order valence-electron chi connectivity index (χ2n) is 4.18. The molecule has 0 aliphatic rings. The SMILES string of the molecule is CCNC(Cc1cc(Br)ccc1OC)c1cscn1. The monoisotopic (exact) mass is 340 g/mol. The van der Waals surface area contributed by atoms with Crippen LogP contribution in [0.5, 0.6) is 5.75 Å². The Bertz CT molecular complexity index is 516. The Hall–Kier alpha value is -0.910. The van der Waals surface area contributed by atoms with Crippen LogP contribution in [0.4, 0.5) is 0 Å². The molecule has 0 saturated heterocycles. The summed E-state index contributed by atoms with van der Waals surface area (Å²) in [6, 6.07) is 6.31. The fraction of sp³-hybridized carbons (Fsp3) is 0.357. The Kier molecular flexibility index (Phi) is 5.36. The summed E-state index contributed by atoms with van der Waals surface area (Å²) in [5, 5.41) is 5.57. The van der Waals surface area contributed by atoms with Crippen LogP contribution in [0.3, 0.4) is 0 Å². The maximum Gasteiger partial charge on any atom is 0.122 e. The summed E-state index contributed by atoms with van der Waals surface area (Å²) in [7, 11) is 1.71. The van der Waals surface area contributed by atoms with Gasteiger partial charge < -0.3 is 10.1 Å². The molecule has 0 fully saturated rings. The zero-order chi connectivity index (χ0) is 13.7. The van der Waals surface area contributed by atoms with Gasteiger partial charge >= 0.3 is 0 Å². The fourth-order valence-corrected chi connectivity index (χ4v) is 3.06. The number of benzene rings is 1. The Labute approximate surface area is 126 Å². The third-order valence-electron chi connectivity index (χ3n) is 2.93. The molecule has 0 spiro atoms. The summed E-state index contributed by atoms with van der Waals surface area (Å²) in [5.41, 5.74) is 4.14. The van der Waals surface area contributed by atoms with Crippen LogP contribution in [0.15, 0.2) is 33.6 Å². The van der Waals surface area contributed by atoms with Gasteiger partial charge in [0.05, 0.1) is 24.4 Å². The number of hydrogen-bond acceptors (Lipinski definition) is 4. The van der Waals surface area contributed by atoms with Crippen LogP contribution < -0.4 is 10.1 Å². The molecule has 1 heterocycles. The number of hydrogen-bond donors (Lipinski definition) is 1. The van der Waals surface area contributed by atoms with Crippen molar-refractivity contribution in [2.45, 2.75) is 19.4 Å². The zero-order valence-electron chi connectivity index (χ0n) is 11.0. The maximum atomic E-state index is 5.43. The summed E-state index contributed by atoms with van der Waals surface area (Å²) in [5.74, 6) is 0.918. The largest absolute Gasteiger partial charge is 0.496 e. The number of nitrogens with zero attached hydrogens (tertiary/aromatic N) is 1. The Morgan fingerprint density at radius 2 is 2.32 bits per heavy atom. The van der Waals surface area contributed by atoms with Gasteiger partial charge in [-0.05, 0) is 36.7 Å². The predicted octanol–water partition coefficient (Wildman–Crippen LogP) is 3.81. The standard InChI is InChI=1S/C14H17BrN2OS/c1-3-16-12(13-8-19-9-17-13)7-10-6-11(15)4-5-14(10)18-2/h4-6,8-9,12,16H,3,7H2,1-2H3. The number of rotatable bonds is 6. The minimum absolute atomic E-state index is 0.222. The summed E-state index contributed by atoms with van der Waals surface area (Å²) < 4.78 is 6.50. The van der Waals surface area contributed by atoms with Crippen molar-refractivity contribution in [2.75, 3.05) is 13.7 Å². The molecule has 1 N–H and O–H groups in total. The van der Waals surface area contributed by atoms with Gasteiger partial charge in [0.1, 0.15) is 5.75 Å². The Morgan fingerprint density at radius 1 is 1.47 bits per heavy atom. The van der Waals surface area contributed by atoms with Crippen LogP contribution in [-0.2, 0) is 6.42 Å². The molecular weight excluding hydrogens is 324 g/mol. The summed E-state index contributed by atoms with van der Waals surface area (Å²) in [6.45, 7) is 3.02. The van der Waals surface area contributed by atoms with E-state index in [0.717, 1.165) is 28.9 Å². The van der Waals surface area contributed by atoms with Crippen molar-refractivity contribution in [1.82, 2.24) is 10.3 Å². The van der Waals surface area contributed by atoms with E-state index >= 15 is 0 Å². The highest BCUT2D eigenvalue weighted by atomic mass is 79.9. The third-order valence-corrected chi connectivity index (χ3v) is 4.02. The average Bonchev–Trinajstić information content (AvgIpc) is 2.92. The number of likely N-dealkylation sites (N-methyl/N-ethyl adjacent to an activating group) is 1. The Morgan fingerprint density at radius 3 is 2.95 bits per heavy atom. The van der Waals surface area contributed by atoms with Crippen molar-refractivity contribution < 1.29 is 4.74 Å².